The van der Waals surface area contributed by atoms with Gasteiger partial charge in [0.25, 0.3) is 5.91 Å². The van der Waals surface area contributed by atoms with Gasteiger partial charge in [-0.15, -0.1) is 0 Å². The molecule has 1 saturated carbocycles. The van der Waals surface area contributed by atoms with Crippen LogP contribution in [0.4, 0.5) is 5.69 Å². The number of sulfonamides is 1. The lowest BCUT2D eigenvalue weighted by molar-refractivity contribution is -0.00325. The maximum Gasteiger partial charge on any atom is 0.264 e. The van der Waals surface area contributed by atoms with Crippen LogP contribution in [0.2, 0.25) is 5.02 Å². The summed E-state index contributed by atoms with van der Waals surface area (Å²) in [5.74, 6) is 6.18. The molecule has 2 aliphatic heterocycles. The quantitative estimate of drug-likeness (QED) is 0.225. The van der Waals surface area contributed by atoms with Gasteiger partial charge in [0, 0.05) is 59.7 Å². The summed E-state index contributed by atoms with van der Waals surface area (Å²) in [4.78, 5) is 20.3. The highest BCUT2D eigenvalue weighted by Crippen LogP contribution is 2.48. The maximum absolute atomic E-state index is 13.5. The SMILES string of the molecule is C[C@@H]1[C@@H](C)C/C=C\[C@@](O)(C#CCCc2ccccn2)[C@@H]2CC[C@H]2CN2C[C@@]3(CCCc4cc(Cl)ccc43)COc3ccc(cc32)C(=O)NS1(=O)=O. The Balaban J connectivity index is 1.28. The van der Waals surface area contributed by atoms with E-state index in [4.69, 9.17) is 16.3 Å². The summed E-state index contributed by atoms with van der Waals surface area (Å²) in [6.45, 7) is 5.18. The van der Waals surface area contributed by atoms with Crippen molar-refractivity contribution >= 4 is 33.2 Å². The van der Waals surface area contributed by atoms with Gasteiger partial charge in [-0.05, 0) is 117 Å². The van der Waals surface area contributed by atoms with Crippen molar-refractivity contribution in [1.82, 2.24) is 9.71 Å². The zero-order valence-electron chi connectivity index (χ0n) is 29.3. The van der Waals surface area contributed by atoms with Gasteiger partial charge in [0.05, 0.1) is 17.5 Å². The third-order valence-corrected chi connectivity index (χ3v) is 13.8. The number of anilines is 1. The number of carbonyl (C=O) groups is 1. The standard InChI is InChI=1S/C41H46ClN3O5S/c1-28-9-7-21-41(47,20-5-3-11-34-12-4-6-22-43-34)36-16-13-32(36)25-45-26-40(19-8-10-30-23-33(42)15-17-35(30)40)27-50-38-18-14-31(24-37(38)45)39(46)44-51(48,49)29(28)2/h4,6-7,12,14-15,17-18,21-24,28-29,32,36,47H,3,8-11,13,16,19,25-27H2,1-2H3,(H,44,46)/b21-7-/t28-,29+,32-,36+,40-,41-/m0/s1. The molecule has 1 amide bonds. The van der Waals surface area contributed by atoms with Crippen molar-refractivity contribution in [1.29, 1.82) is 0 Å². The number of fused-ring (bicyclic) bond motifs is 4. The number of aliphatic hydroxyl groups is 1. The minimum absolute atomic E-state index is 0.114. The first-order valence-corrected chi connectivity index (χ1v) is 20.1. The molecule has 1 spiro atoms. The first-order chi connectivity index (χ1) is 24.5. The van der Waals surface area contributed by atoms with Gasteiger partial charge in [-0.2, -0.15) is 0 Å². The number of nitrogens with one attached hydrogen (secondary N) is 1. The van der Waals surface area contributed by atoms with Crippen molar-refractivity contribution in [2.75, 3.05) is 24.6 Å². The second-order valence-corrected chi connectivity index (χ2v) is 17.4. The minimum Gasteiger partial charge on any atom is -0.490 e. The van der Waals surface area contributed by atoms with Crippen LogP contribution in [0.15, 0.2) is 72.9 Å². The molecule has 2 aromatic carbocycles. The molecule has 2 bridgehead atoms. The van der Waals surface area contributed by atoms with Crippen molar-refractivity contribution in [3.63, 3.8) is 0 Å². The lowest BCUT2D eigenvalue weighted by Crippen LogP contribution is -2.52. The Kier molecular flexibility index (Phi) is 9.96. The summed E-state index contributed by atoms with van der Waals surface area (Å²) in [5, 5.41) is 12.2. The number of amides is 1. The molecule has 0 radical (unpaired) electrons. The summed E-state index contributed by atoms with van der Waals surface area (Å²) in [6, 6.07) is 17.2. The Morgan fingerprint density at radius 3 is 2.78 bits per heavy atom. The second kappa shape index (κ2) is 14.3. The van der Waals surface area contributed by atoms with Crippen LogP contribution in [0.3, 0.4) is 0 Å². The van der Waals surface area contributed by atoms with Gasteiger partial charge in [-0.3, -0.25) is 9.78 Å². The Morgan fingerprint density at radius 2 is 2.00 bits per heavy atom. The van der Waals surface area contributed by atoms with Crippen LogP contribution in [-0.2, 0) is 28.3 Å². The molecule has 4 aliphatic rings. The van der Waals surface area contributed by atoms with Gasteiger partial charge in [0.15, 0.2) is 0 Å². The fourth-order valence-corrected chi connectivity index (χ4v) is 9.82. The van der Waals surface area contributed by atoms with E-state index in [-0.39, 0.29) is 28.7 Å². The molecule has 1 fully saturated rings. The molecule has 8 nitrogen and oxygen atoms in total. The lowest BCUT2D eigenvalue weighted by atomic mass is 9.64. The predicted octanol–water partition coefficient (Wildman–Crippen LogP) is 6.65. The highest BCUT2D eigenvalue weighted by Gasteiger charge is 2.47. The van der Waals surface area contributed by atoms with E-state index in [2.05, 4.69) is 38.6 Å². The number of pyridine rings is 1. The predicted molar refractivity (Wildman–Crippen MR) is 200 cm³/mol. The number of halogens is 1. The largest absolute Gasteiger partial charge is 0.490 e. The summed E-state index contributed by atoms with van der Waals surface area (Å²) in [6.07, 6.45) is 11.7. The molecule has 6 atom stereocenters. The van der Waals surface area contributed by atoms with E-state index in [9.17, 15) is 18.3 Å². The van der Waals surface area contributed by atoms with Crippen LogP contribution in [0, 0.1) is 29.6 Å². The number of carbonyl (C=O) groups excluding carboxylic acids is 1. The Bertz CT molecular complexity index is 1990. The smallest absolute Gasteiger partial charge is 0.264 e. The maximum atomic E-state index is 13.5. The molecule has 2 aliphatic carbocycles. The summed E-state index contributed by atoms with van der Waals surface area (Å²) >= 11 is 6.45. The molecular formula is C41H46ClN3O5S. The van der Waals surface area contributed by atoms with Gasteiger partial charge in [0.2, 0.25) is 10.0 Å². The summed E-state index contributed by atoms with van der Waals surface area (Å²) in [5.41, 5.74) is 2.70. The van der Waals surface area contributed by atoms with Crippen LogP contribution in [-0.4, -0.2) is 55.0 Å². The fourth-order valence-electron chi connectivity index (χ4n) is 8.34. The number of rotatable bonds is 2. The Hall–Kier alpha value is -3.84. The van der Waals surface area contributed by atoms with Crippen LogP contribution >= 0.6 is 11.6 Å². The van der Waals surface area contributed by atoms with E-state index in [1.807, 2.05) is 37.3 Å². The number of ether oxygens (including phenoxy) is 1. The molecule has 2 N–H and O–H groups in total. The second-order valence-electron chi connectivity index (χ2n) is 15.0. The molecule has 3 aromatic rings. The number of aromatic nitrogens is 1. The number of aryl methyl sites for hydroxylation is 2. The molecule has 51 heavy (non-hydrogen) atoms. The first-order valence-electron chi connectivity index (χ1n) is 18.1. The zero-order chi connectivity index (χ0) is 35.8. The van der Waals surface area contributed by atoms with E-state index in [1.165, 1.54) is 11.1 Å². The number of benzene rings is 2. The van der Waals surface area contributed by atoms with Crippen molar-refractivity contribution in [2.45, 2.75) is 81.5 Å². The van der Waals surface area contributed by atoms with E-state index in [0.717, 1.165) is 43.5 Å². The molecule has 7 rings (SSSR count). The van der Waals surface area contributed by atoms with E-state index in [1.54, 1.807) is 37.4 Å². The molecule has 10 heteroatoms. The van der Waals surface area contributed by atoms with Gasteiger partial charge >= 0.3 is 0 Å². The van der Waals surface area contributed by atoms with Gasteiger partial charge in [-0.25, -0.2) is 13.1 Å². The number of allylic oxidation sites excluding steroid dienone is 1. The Morgan fingerprint density at radius 1 is 1.14 bits per heavy atom. The van der Waals surface area contributed by atoms with Crippen molar-refractivity contribution in [2.24, 2.45) is 17.8 Å². The molecule has 268 valence electrons. The highest BCUT2D eigenvalue weighted by molar-refractivity contribution is 7.90. The van der Waals surface area contributed by atoms with Gasteiger partial charge in [0.1, 0.15) is 11.4 Å². The van der Waals surface area contributed by atoms with E-state index in [0.29, 0.717) is 49.7 Å². The molecule has 3 heterocycles. The van der Waals surface area contributed by atoms with Crippen LogP contribution in [0.25, 0.3) is 0 Å². The zero-order valence-corrected chi connectivity index (χ0v) is 30.8. The highest BCUT2D eigenvalue weighted by atomic mass is 35.5. The van der Waals surface area contributed by atoms with E-state index < -0.39 is 26.8 Å². The number of nitrogens with zero attached hydrogens (tertiary/aromatic N) is 2. The van der Waals surface area contributed by atoms with E-state index >= 15 is 0 Å². The topological polar surface area (TPSA) is 109 Å². The molecule has 0 saturated heterocycles. The van der Waals surface area contributed by atoms with Crippen LogP contribution < -0.4 is 14.4 Å². The first kappa shape index (κ1) is 35.6. The van der Waals surface area contributed by atoms with Gasteiger partial charge < -0.3 is 14.7 Å². The normalized spacial score (nSPS) is 30.6. The number of hydrogen-bond acceptors (Lipinski definition) is 7. The van der Waals surface area contributed by atoms with Crippen molar-refractivity contribution in [3.8, 4) is 17.6 Å². The summed E-state index contributed by atoms with van der Waals surface area (Å²) < 4.78 is 35.9. The monoisotopic (exact) mass is 727 g/mol. The fraction of sp³-hybridized carbons (Fsp3) is 0.463. The summed E-state index contributed by atoms with van der Waals surface area (Å²) in [7, 11) is -4.00. The lowest BCUT2D eigenvalue weighted by Gasteiger charge is -2.47. The van der Waals surface area contributed by atoms with Crippen LogP contribution in [0.1, 0.15) is 79.6 Å². The average molecular weight is 728 g/mol. The Labute approximate surface area is 306 Å². The number of hydrogen-bond donors (Lipinski definition) is 2. The third-order valence-electron chi connectivity index (χ3n) is 11.7. The average Bonchev–Trinajstić information content (AvgIpc) is 3.24. The van der Waals surface area contributed by atoms with Crippen LogP contribution in [0.5, 0.6) is 5.75 Å². The van der Waals surface area contributed by atoms with Gasteiger partial charge in [-0.1, -0.05) is 48.6 Å². The van der Waals surface area contributed by atoms with Crippen molar-refractivity contribution < 1.29 is 23.1 Å². The minimum atomic E-state index is -4.00. The third kappa shape index (κ3) is 7.28. The van der Waals surface area contributed by atoms with Crippen molar-refractivity contribution in [3.05, 3.63) is 100 Å². The molecular weight excluding hydrogens is 682 g/mol. The molecule has 0 unspecified atom stereocenters. The molecule has 1 aromatic heterocycles.